The average Bonchev–Trinajstić information content (AvgIpc) is 2.80. The van der Waals surface area contributed by atoms with Crippen LogP contribution >= 0.6 is 11.6 Å². The van der Waals surface area contributed by atoms with E-state index >= 15 is 0 Å². The Morgan fingerprint density at radius 3 is 2.61 bits per heavy atom. The molecule has 2 aromatic carbocycles. The Morgan fingerprint density at radius 2 is 1.88 bits per heavy atom. The first-order valence-corrected chi connectivity index (χ1v) is 10.3. The maximum absolute atomic E-state index is 12.1. The van der Waals surface area contributed by atoms with E-state index in [1.165, 1.54) is 13.3 Å². The highest BCUT2D eigenvalue weighted by molar-refractivity contribution is 6.35. The van der Waals surface area contributed by atoms with Crippen LogP contribution in [-0.4, -0.2) is 57.9 Å². The largest absolute Gasteiger partial charge is 0.493 e. The molecule has 0 aliphatic heterocycles. The summed E-state index contributed by atoms with van der Waals surface area (Å²) >= 11 is 5.90. The Morgan fingerprint density at radius 1 is 1.06 bits per heavy atom. The molecule has 33 heavy (non-hydrogen) atoms. The van der Waals surface area contributed by atoms with Gasteiger partial charge >= 0.3 is 11.8 Å². The summed E-state index contributed by atoms with van der Waals surface area (Å²) in [5, 5.41) is 9.40. The SMILES string of the molecule is COCCCNC(=O)C(=O)N/N=C\c1ccc(OCC(=O)Nc2cccc(Cl)c2)c(OC)c1. The number of ether oxygens (including phenoxy) is 3. The van der Waals surface area contributed by atoms with Crippen molar-refractivity contribution in [1.29, 1.82) is 0 Å². The third kappa shape index (κ3) is 9.17. The van der Waals surface area contributed by atoms with Gasteiger partial charge in [-0.1, -0.05) is 17.7 Å². The molecule has 0 radical (unpaired) electrons. The Balaban J connectivity index is 1.86. The highest BCUT2D eigenvalue weighted by atomic mass is 35.5. The van der Waals surface area contributed by atoms with E-state index in [1.807, 2.05) is 0 Å². The number of methoxy groups -OCH3 is 2. The minimum atomic E-state index is -0.888. The molecule has 2 rings (SSSR count). The molecular weight excluding hydrogens is 452 g/mol. The first-order chi connectivity index (χ1) is 15.9. The smallest absolute Gasteiger partial charge is 0.329 e. The first-order valence-electron chi connectivity index (χ1n) is 9.89. The fraction of sp³-hybridized carbons (Fsp3) is 0.273. The van der Waals surface area contributed by atoms with Crippen LogP contribution in [0.25, 0.3) is 0 Å². The number of hydrogen-bond acceptors (Lipinski definition) is 7. The van der Waals surface area contributed by atoms with Gasteiger partial charge in [0.2, 0.25) is 0 Å². The number of anilines is 1. The van der Waals surface area contributed by atoms with Crippen LogP contribution in [0.15, 0.2) is 47.6 Å². The van der Waals surface area contributed by atoms with Gasteiger partial charge in [0, 0.05) is 31.0 Å². The van der Waals surface area contributed by atoms with Crippen LogP contribution in [0.2, 0.25) is 5.02 Å². The monoisotopic (exact) mass is 476 g/mol. The molecule has 2 aromatic rings. The number of hydrazone groups is 1. The molecule has 176 valence electrons. The van der Waals surface area contributed by atoms with E-state index in [1.54, 1.807) is 49.6 Å². The van der Waals surface area contributed by atoms with E-state index in [9.17, 15) is 14.4 Å². The third-order valence-electron chi connectivity index (χ3n) is 4.05. The molecule has 0 aliphatic carbocycles. The van der Waals surface area contributed by atoms with Crippen molar-refractivity contribution in [3.05, 3.63) is 53.1 Å². The fourth-order valence-corrected chi connectivity index (χ4v) is 2.70. The number of halogens is 1. The normalized spacial score (nSPS) is 10.5. The van der Waals surface area contributed by atoms with Crippen molar-refractivity contribution >= 4 is 41.2 Å². The van der Waals surface area contributed by atoms with Gasteiger partial charge in [-0.2, -0.15) is 5.10 Å². The summed E-state index contributed by atoms with van der Waals surface area (Å²) in [6.45, 7) is 0.555. The number of nitrogens with zero attached hydrogens (tertiary/aromatic N) is 1. The molecule has 0 fully saturated rings. The van der Waals surface area contributed by atoms with Gasteiger partial charge in [-0.15, -0.1) is 0 Å². The molecule has 0 bridgehead atoms. The summed E-state index contributed by atoms with van der Waals surface area (Å²) in [6, 6.07) is 11.6. The predicted molar refractivity (Wildman–Crippen MR) is 124 cm³/mol. The maximum Gasteiger partial charge on any atom is 0.329 e. The van der Waals surface area contributed by atoms with Crippen LogP contribution in [0.3, 0.4) is 0 Å². The summed E-state index contributed by atoms with van der Waals surface area (Å²) < 4.78 is 15.7. The van der Waals surface area contributed by atoms with E-state index in [4.69, 9.17) is 25.8 Å². The van der Waals surface area contributed by atoms with Crippen molar-refractivity contribution in [2.45, 2.75) is 6.42 Å². The minimum absolute atomic E-state index is 0.244. The Hall–Kier alpha value is -3.63. The molecule has 0 saturated carbocycles. The van der Waals surface area contributed by atoms with Gasteiger partial charge < -0.3 is 24.8 Å². The molecule has 0 spiro atoms. The molecule has 0 saturated heterocycles. The molecule has 0 heterocycles. The van der Waals surface area contributed by atoms with E-state index < -0.39 is 11.8 Å². The van der Waals surface area contributed by atoms with Crippen LogP contribution < -0.4 is 25.5 Å². The Kier molecular flexibility index (Phi) is 10.6. The number of benzene rings is 2. The second kappa shape index (κ2) is 13.7. The lowest BCUT2D eigenvalue weighted by atomic mass is 10.2. The summed E-state index contributed by atoms with van der Waals surface area (Å²) in [6.07, 6.45) is 1.93. The molecular formula is C22H25ClN4O6. The van der Waals surface area contributed by atoms with Crippen molar-refractivity contribution < 1.29 is 28.6 Å². The van der Waals surface area contributed by atoms with Gasteiger partial charge in [0.05, 0.1) is 13.3 Å². The topological polar surface area (TPSA) is 127 Å². The lowest BCUT2D eigenvalue weighted by Crippen LogP contribution is -2.38. The van der Waals surface area contributed by atoms with E-state index in [-0.39, 0.29) is 12.5 Å². The minimum Gasteiger partial charge on any atom is -0.493 e. The van der Waals surface area contributed by atoms with Crippen molar-refractivity contribution in [3.8, 4) is 11.5 Å². The first kappa shape index (κ1) is 25.6. The quantitative estimate of drug-likeness (QED) is 0.197. The molecule has 0 unspecified atom stereocenters. The Labute approximate surface area is 196 Å². The molecule has 3 N–H and O–H groups in total. The van der Waals surface area contributed by atoms with Crippen molar-refractivity contribution in [3.63, 3.8) is 0 Å². The zero-order valence-electron chi connectivity index (χ0n) is 18.2. The highest BCUT2D eigenvalue weighted by Crippen LogP contribution is 2.27. The summed E-state index contributed by atoms with van der Waals surface area (Å²) in [5.74, 6) is -1.35. The van der Waals surface area contributed by atoms with Crippen molar-refractivity contribution in [2.24, 2.45) is 5.10 Å². The molecule has 10 nitrogen and oxygen atoms in total. The molecule has 0 aliphatic rings. The van der Waals surface area contributed by atoms with Crippen LogP contribution in [0, 0.1) is 0 Å². The van der Waals surface area contributed by atoms with Gasteiger partial charge in [0.1, 0.15) is 0 Å². The van der Waals surface area contributed by atoms with Crippen LogP contribution in [0.5, 0.6) is 11.5 Å². The molecule has 0 aromatic heterocycles. The number of amides is 3. The zero-order valence-corrected chi connectivity index (χ0v) is 19.0. The average molecular weight is 477 g/mol. The number of hydrogen-bond donors (Lipinski definition) is 3. The van der Waals surface area contributed by atoms with Gasteiger partial charge in [-0.05, 0) is 48.4 Å². The second-order valence-electron chi connectivity index (χ2n) is 6.56. The zero-order chi connectivity index (χ0) is 24.1. The van der Waals surface area contributed by atoms with E-state index in [2.05, 4.69) is 21.2 Å². The van der Waals surface area contributed by atoms with Crippen molar-refractivity contribution in [2.75, 3.05) is 39.3 Å². The van der Waals surface area contributed by atoms with Gasteiger partial charge in [0.25, 0.3) is 5.91 Å². The van der Waals surface area contributed by atoms with Crippen LogP contribution in [0.4, 0.5) is 5.69 Å². The number of rotatable bonds is 11. The van der Waals surface area contributed by atoms with Gasteiger partial charge in [0.15, 0.2) is 18.1 Å². The summed E-state index contributed by atoms with van der Waals surface area (Å²) in [4.78, 5) is 35.5. The van der Waals surface area contributed by atoms with Crippen molar-refractivity contribution in [1.82, 2.24) is 10.7 Å². The maximum atomic E-state index is 12.1. The molecule has 3 amide bonds. The summed E-state index contributed by atoms with van der Waals surface area (Å²) in [7, 11) is 3.00. The third-order valence-corrected chi connectivity index (χ3v) is 4.29. The summed E-state index contributed by atoms with van der Waals surface area (Å²) in [5.41, 5.74) is 3.27. The lowest BCUT2D eigenvalue weighted by molar-refractivity contribution is -0.139. The van der Waals surface area contributed by atoms with Gasteiger partial charge in [-0.25, -0.2) is 5.43 Å². The number of nitrogens with one attached hydrogen (secondary N) is 3. The van der Waals surface area contributed by atoms with Crippen LogP contribution in [-0.2, 0) is 19.1 Å². The van der Waals surface area contributed by atoms with E-state index in [0.29, 0.717) is 47.3 Å². The second-order valence-corrected chi connectivity index (χ2v) is 7.00. The lowest BCUT2D eigenvalue weighted by Gasteiger charge is -2.11. The molecule has 0 atom stereocenters. The highest BCUT2D eigenvalue weighted by Gasteiger charge is 2.12. The number of carbonyl (C=O) groups excluding carboxylic acids is 3. The number of carbonyl (C=O) groups is 3. The molecule has 11 heteroatoms. The van der Waals surface area contributed by atoms with Crippen LogP contribution in [0.1, 0.15) is 12.0 Å². The fourth-order valence-electron chi connectivity index (χ4n) is 2.51. The predicted octanol–water partition coefficient (Wildman–Crippen LogP) is 1.97. The van der Waals surface area contributed by atoms with E-state index in [0.717, 1.165) is 0 Å². The van der Waals surface area contributed by atoms with Gasteiger partial charge in [-0.3, -0.25) is 14.4 Å². The Bertz CT molecular complexity index is 999. The standard InChI is InChI=1S/C22H25ClN4O6/c1-31-10-4-9-24-21(29)22(30)27-25-13-15-7-8-18(19(11-15)32-2)33-14-20(28)26-17-6-3-5-16(23)12-17/h3,5-8,11-13H,4,9-10,14H2,1-2H3,(H,24,29)(H,26,28)(H,27,30)/b25-13-.